The van der Waals surface area contributed by atoms with Gasteiger partial charge in [-0.25, -0.2) is 0 Å². The van der Waals surface area contributed by atoms with Crippen molar-refractivity contribution in [3.05, 3.63) is 57.7 Å². The number of thiophene rings is 1. The number of rotatable bonds is 4. The van der Waals surface area contributed by atoms with E-state index in [1.807, 2.05) is 39.8 Å². The lowest BCUT2D eigenvalue weighted by molar-refractivity contribution is -0.155. The summed E-state index contributed by atoms with van der Waals surface area (Å²) >= 11 is 1.72. The van der Waals surface area contributed by atoms with Crippen molar-refractivity contribution < 1.29 is 9.53 Å². The maximum atomic E-state index is 12.4. The van der Waals surface area contributed by atoms with E-state index in [0.717, 1.165) is 33.5 Å². The molecule has 0 radical (unpaired) electrons. The van der Waals surface area contributed by atoms with Crippen LogP contribution < -0.4 is 0 Å². The summed E-state index contributed by atoms with van der Waals surface area (Å²) in [7, 11) is 0. The van der Waals surface area contributed by atoms with Crippen LogP contribution in [0.2, 0.25) is 0 Å². The summed E-state index contributed by atoms with van der Waals surface area (Å²) in [5.41, 5.74) is 3.68. The lowest BCUT2D eigenvalue weighted by atomic mass is 10.0. The fourth-order valence-electron chi connectivity index (χ4n) is 3.74. The number of ether oxygens (including phenoxy) is 1. The van der Waals surface area contributed by atoms with E-state index in [4.69, 9.17) is 9.73 Å². The SMILES string of the molecule is Cc1sc2c(c1C)C(c1ccncc1)=NC(CCC(=O)OC(C)(C)C)c1nnc(C)n1-2. The number of carbonyl (C=O) groups excluding carboxylic acids is 1. The van der Waals surface area contributed by atoms with E-state index in [9.17, 15) is 4.79 Å². The molecule has 0 fully saturated rings. The number of aliphatic imine (C=N–C) groups is 1. The highest BCUT2D eigenvalue weighted by atomic mass is 32.1. The number of hydrogen-bond acceptors (Lipinski definition) is 7. The molecule has 162 valence electrons. The lowest BCUT2D eigenvalue weighted by Gasteiger charge is -2.20. The number of fused-ring (bicyclic) bond motifs is 3. The predicted octanol–water partition coefficient (Wildman–Crippen LogP) is 4.66. The van der Waals surface area contributed by atoms with E-state index < -0.39 is 5.60 Å². The molecule has 0 aromatic carbocycles. The molecule has 1 aliphatic heterocycles. The van der Waals surface area contributed by atoms with Crippen molar-refractivity contribution in [3.8, 4) is 5.00 Å². The molecule has 0 aliphatic carbocycles. The highest BCUT2D eigenvalue weighted by Crippen LogP contribution is 2.39. The molecule has 31 heavy (non-hydrogen) atoms. The Hall–Kier alpha value is -2.87. The minimum atomic E-state index is -0.512. The number of esters is 1. The first-order valence-electron chi connectivity index (χ1n) is 10.4. The Morgan fingerprint density at radius 1 is 1.16 bits per heavy atom. The van der Waals surface area contributed by atoms with Gasteiger partial charge in [0.05, 0.1) is 5.71 Å². The van der Waals surface area contributed by atoms with Gasteiger partial charge in [-0.1, -0.05) is 0 Å². The summed E-state index contributed by atoms with van der Waals surface area (Å²) < 4.78 is 7.60. The number of aromatic nitrogens is 4. The first kappa shape index (κ1) is 21.4. The number of hydrogen-bond donors (Lipinski definition) is 0. The van der Waals surface area contributed by atoms with Crippen molar-refractivity contribution in [2.45, 2.75) is 66.0 Å². The molecular formula is C23H27N5O2S. The normalized spacial score (nSPS) is 15.7. The van der Waals surface area contributed by atoms with Gasteiger partial charge in [-0.05, 0) is 65.7 Å². The Bertz CT molecular complexity index is 1150. The molecule has 1 atom stereocenters. The van der Waals surface area contributed by atoms with Crippen molar-refractivity contribution in [1.29, 1.82) is 0 Å². The smallest absolute Gasteiger partial charge is 0.306 e. The van der Waals surface area contributed by atoms with Crippen LogP contribution >= 0.6 is 11.3 Å². The molecule has 0 spiro atoms. The average Bonchev–Trinajstić information content (AvgIpc) is 3.17. The van der Waals surface area contributed by atoms with Gasteiger partial charge in [-0.15, -0.1) is 21.5 Å². The van der Waals surface area contributed by atoms with Crippen LogP contribution in [0.25, 0.3) is 5.00 Å². The monoisotopic (exact) mass is 437 g/mol. The molecule has 1 unspecified atom stereocenters. The highest BCUT2D eigenvalue weighted by Gasteiger charge is 2.31. The Labute approximate surface area is 186 Å². The molecule has 0 N–H and O–H groups in total. The summed E-state index contributed by atoms with van der Waals surface area (Å²) in [6.45, 7) is 11.8. The third-order valence-corrected chi connectivity index (χ3v) is 6.43. The summed E-state index contributed by atoms with van der Waals surface area (Å²) in [6, 6.07) is 3.63. The average molecular weight is 438 g/mol. The van der Waals surface area contributed by atoms with Crippen LogP contribution in [0.15, 0.2) is 29.5 Å². The molecular weight excluding hydrogens is 410 g/mol. The number of carbonyl (C=O) groups is 1. The Morgan fingerprint density at radius 3 is 2.55 bits per heavy atom. The standard InChI is InChI=1S/C23H27N5O2S/c1-13-14(2)31-22-19(13)20(16-9-11-24-12-10-16)25-17(21-27-26-15(3)28(21)22)7-8-18(29)30-23(4,5)6/h9-12,17H,7-8H2,1-6H3. The van der Waals surface area contributed by atoms with Crippen LogP contribution in [0.1, 0.15) is 72.9 Å². The zero-order chi connectivity index (χ0) is 22.3. The second kappa shape index (κ2) is 8.00. The summed E-state index contributed by atoms with van der Waals surface area (Å²) in [4.78, 5) is 22.9. The van der Waals surface area contributed by atoms with Gasteiger partial charge in [-0.2, -0.15) is 0 Å². The van der Waals surface area contributed by atoms with Crippen molar-refractivity contribution >= 4 is 23.0 Å². The van der Waals surface area contributed by atoms with Gasteiger partial charge in [0, 0.05) is 34.8 Å². The Balaban J connectivity index is 1.82. The van der Waals surface area contributed by atoms with Crippen molar-refractivity contribution in [1.82, 2.24) is 19.7 Å². The molecule has 4 rings (SSSR count). The van der Waals surface area contributed by atoms with Crippen LogP contribution in [-0.2, 0) is 9.53 Å². The molecule has 3 aromatic rings. The second-order valence-electron chi connectivity index (χ2n) is 8.76. The highest BCUT2D eigenvalue weighted by molar-refractivity contribution is 7.15. The van der Waals surface area contributed by atoms with Crippen LogP contribution in [0.3, 0.4) is 0 Å². The molecule has 0 bridgehead atoms. The van der Waals surface area contributed by atoms with E-state index in [-0.39, 0.29) is 18.4 Å². The zero-order valence-electron chi connectivity index (χ0n) is 18.8. The predicted molar refractivity (Wildman–Crippen MR) is 121 cm³/mol. The quantitative estimate of drug-likeness (QED) is 0.554. The van der Waals surface area contributed by atoms with E-state index in [1.54, 1.807) is 23.7 Å². The summed E-state index contributed by atoms with van der Waals surface area (Å²) in [5, 5.41) is 9.87. The summed E-state index contributed by atoms with van der Waals surface area (Å²) in [6.07, 6.45) is 4.30. The van der Waals surface area contributed by atoms with Crippen molar-refractivity contribution in [3.63, 3.8) is 0 Å². The molecule has 0 amide bonds. The maximum absolute atomic E-state index is 12.4. The third-order valence-electron chi connectivity index (χ3n) is 5.24. The maximum Gasteiger partial charge on any atom is 0.306 e. The molecule has 1 aliphatic rings. The van der Waals surface area contributed by atoms with Crippen LogP contribution in [-0.4, -0.2) is 37.0 Å². The lowest BCUT2D eigenvalue weighted by Crippen LogP contribution is -2.24. The molecule has 7 nitrogen and oxygen atoms in total. The minimum Gasteiger partial charge on any atom is -0.460 e. The molecule has 0 saturated heterocycles. The van der Waals surface area contributed by atoms with Gasteiger partial charge < -0.3 is 4.74 Å². The topological polar surface area (TPSA) is 82.3 Å². The number of aryl methyl sites for hydroxylation is 2. The second-order valence-corrected chi connectivity index (χ2v) is 9.96. The minimum absolute atomic E-state index is 0.234. The van der Waals surface area contributed by atoms with E-state index in [0.29, 0.717) is 6.42 Å². The van der Waals surface area contributed by atoms with Crippen molar-refractivity contribution in [2.75, 3.05) is 0 Å². The van der Waals surface area contributed by atoms with Crippen molar-refractivity contribution in [2.24, 2.45) is 4.99 Å². The van der Waals surface area contributed by atoms with E-state index in [2.05, 4.69) is 33.6 Å². The van der Waals surface area contributed by atoms with Gasteiger partial charge in [0.1, 0.15) is 22.5 Å². The molecule has 3 aromatic heterocycles. The summed E-state index contributed by atoms with van der Waals surface area (Å²) in [5.74, 6) is 1.33. The van der Waals surface area contributed by atoms with Crippen LogP contribution in [0, 0.1) is 20.8 Å². The third kappa shape index (κ3) is 4.17. The fraction of sp³-hybridized carbons (Fsp3) is 0.435. The first-order chi connectivity index (χ1) is 14.7. The first-order valence-corrected chi connectivity index (χ1v) is 11.2. The molecule has 0 saturated carbocycles. The largest absolute Gasteiger partial charge is 0.460 e. The van der Waals surface area contributed by atoms with Gasteiger partial charge >= 0.3 is 5.97 Å². The Morgan fingerprint density at radius 2 is 1.87 bits per heavy atom. The Kier molecular flexibility index (Phi) is 5.51. The fourth-order valence-corrected chi connectivity index (χ4v) is 4.95. The van der Waals surface area contributed by atoms with Gasteiger partial charge in [0.25, 0.3) is 0 Å². The van der Waals surface area contributed by atoms with Gasteiger partial charge in [-0.3, -0.25) is 19.3 Å². The molecule has 4 heterocycles. The van der Waals surface area contributed by atoms with Crippen LogP contribution in [0.4, 0.5) is 0 Å². The number of nitrogens with zero attached hydrogens (tertiary/aromatic N) is 5. The van der Waals surface area contributed by atoms with E-state index in [1.165, 1.54) is 10.4 Å². The number of pyridine rings is 1. The van der Waals surface area contributed by atoms with Gasteiger partial charge in [0.15, 0.2) is 5.82 Å². The van der Waals surface area contributed by atoms with E-state index >= 15 is 0 Å². The van der Waals surface area contributed by atoms with Gasteiger partial charge in [0.2, 0.25) is 0 Å². The van der Waals surface area contributed by atoms with Crippen LogP contribution in [0.5, 0.6) is 0 Å². The zero-order valence-corrected chi connectivity index (χ0v) is 19.6. The molecule has 8 heteroatoms.